The second-order valence-electron chi connectivity index (χ2n) is 5.35. The molecule has 2 N–H and O–H groups in total. The van der Waals surface area contributed by atoms with E-state index in [4.69, 9.17) is 11.6 Å². The molecule has 2 amide bonds. The van der Waals surface area contributed by atoms with Crippen LogP contribution in [-0.2, 0) is 7.05 Å². The Balaban J connectivity index is 1.82. The van der Waals surface area contributed by atoms with Crippen molar-refractivity contribution in [2.24, 2.45) is 7.05 Å². The number of hydrogen-bond donors (Lipinski definition) is 2. The molecule has 3 aromatic rings. The van der Waals surface area contributed by atoms with Gasteiger partial charge in [0.05, 0.1) is 0 Å². The maximum absolute atomic E-state index is 12.4. The van der Waals surface area contributed by atoms with E-state index in [2.05, 4.69) is 15.6 Å². The number of anilines is 1. The Morgan fingerprint density at radius 3 is 2.62 bits per heavy atom. The minimum Gasteiger partial charge on any atom is -0.336 e. The third kappa shape index (κ3) is 3.75. The van der Waals surface area contributed by atoms with Gasteiger partial charge >= 0.3 is 6.03 Å². The molecule has 0 spiro atoms. The smallest absolute Gasteiger partial charge is 0.320 e. The van der Waals surface area contributed by atoms with Crippen LogP contribution in [0.4, 0.5) is 10.5 Å². The molecule has 122 valence electrons. The van der Waals surface area contributed by atoms with Gasteiger partial charge in [-0.05, 0) is 23.8 Å². The molecule has 0 aliphatic carbocycles. The Kier molecular flexibility index (Phi) is 4.82. The summed E-state index contributed by atoms with van der Waals surface area (Å²) in [7, 11) is 1.90. The molecule has 0 saturated carbocycles. The minimum absolute atomic E-state index is 0.325. The zero-order valence-corrected chi connectivity index (χ0v) is 13.9. The van der Waals surface area contributed by atoms with Crippen molar-refractivity contribution in [2.75, 3.05) is 5.32 Å². The summed E-state index contributed by atoms with van der Waals surface area (Å²) in [6.07, 6.45) is 3.56. The molecule has 5 nitrogen and oxygen atoms in total. The molecule has 3 rings (SSSR count). The average Bonchev–Trinajstić information content (AvgIpc) is 2.99. The van der Waals surface area contributed by atoms with Crippen LogP contribution in [0.5, 0.6) is 0 Å². The molecule has 0 aliphatic heterocycles. The van der Waals surface area contributed by atoms with Crippen molar-refractivity contribution in [1.82, 2.24) is 14.9 Å². The van der Waals surface area contributed by atoms with Crippen LogP contribution in [0, 0.1) is 0 Å². The Hall–Kier alpha value is -2.79. The molecule has 0 saturated heterocycles. The summed E-state index contributed by atoms with van der Waals surface area (Å²) in [5, 5.41) is 6.33. The van der Waals surface area contributed by atoms with Crippen molar-refractivity contribution in [2.45, 2.75) is 6.04 Å². The van der Waals surface area contributed by atoms with Gasteiger partial charge in [-0.2, -0.15) is 0 Å². The molecule has 1 heterocycles. The lowest BCUT2D eigenvalue weighted by Crippen LogP contribution is -2.34. The number of rotatable bonds is 4. The number of aryl methyl sites for hydroxylation is 1. The molecule has 2 aromatic carbocycles. The fourth-order valence-electron chi connectivity index (χ4n) is 2.46. The van der Waals surface area contributed by atoms with Gasteiger partial charge in [0.25, 0.3) is 0 Å². The van der Waals surface area contributed by atoms with Crippen LogP contribution in [0.1, 0.15) is 17.4 Å². The third-order valence-corrected chi connectivity index (χ3v) is 3.84. The highest BCUT2D eigenvalue weighted by molar-refractivity contribution is 6.30. The molecule has 6 heteroatoms. The summed E-state index contributed by atoms with van der Waals surface area (Å²) >= 11 is 5.95. The SMILES string of the molecule is Cn1ccnc1[C@@H](NC(=O)Nc1cccc(Cl)c1)c1ccccc1. The molecule has 1 aromatic heterocycles. The Labute approximate surface area is 145 Å². The quantitative estimate of drug-likeness (QED) is 0.754. The molecule has 24 heavy (non-hydrogen) atoms. The number of benzene rings is 2. The highest BCUT2D eigenvalue weighted by atomic mass is 35.5. The Morgan fingerprint density at radius 2 is 1.96 bits per heavy atom. The van der Waals surface area contributed by atoms with E-state index in [0.717, 1.165) is 11.4 Å². The fraction of sp³-hybridized carbons (Fsp3) is 0.111. The van der Waals surface area contributed by atoms with Crippen LogP contribution in [0.25, 0.3) is 0 Å². The summed E-state index contributed by atoms with van der Waals surface area (Å²) in [5.41, 5.74) is 1.58. The van der Waals surface area contributed by atoms with Crippen molar-refractivity contribution < 1.29 is 4.79 Å². The van der Waals surface area contributed by atoms with Gasteiger partial charge in [-0.3, -0.25) is 0 Å². The number of carbonyl (C=O) groups is 1. The van der Waals surface area contributed by atoms with E-state index in [1.54, 1.807) is 30.5 Å². The lowest BCUT2D eigenvalue weighted by Gasteiger charge is -2.19. The first kappa shape index (κ1) is 16.1. The largest absolute Gasteiger partial charge is 0.336 e. The van der Waals surface area contributed by atoms with Crippen LogP contribution < -0.4 is 10.6 Å². The normalized spacial score (nSPS) is 11.8. The summed E-state index contributed by atoms with van der Waals surface area (Å²) < 4.78 is 1.89. The first-order valence-corrected chi connectivity index (χ1v) is 7.86. The molecular formula is C18H17ClN4O. The van der Waals surface area contributed by atoms with Crippen LogP contribution in [-0.4, -0.2) is 15.6 Å². The van der Waals surface area contributed by atoms with Crippen molar-refractivity contribution in [3.05, 3.63) is 83.4 Å². The molecule has 0 fully saturated rings. The highest BCUT2D eigenvalue weighted by Gasteiger charge is 2.20. The van der Waals surface area contributed by atoms with E-state index in [1.165, 1.54) is 0 Å². The number of hydrogen-bond acceptors (Lipinski definition) is 2. The molecule has 0 radical (unpaired) electrons. The molecule has 1 atom stereocenters. The highest BCUT2D eigenvalue weighted by Crippen LogP contribution is 2.21. The maximum atomic E-state index is 12.4. The number of halogens is 1. The van der Waals surface area contributed by atoms with E-state index in [9.17, 15) is 4.79 Å². The first-order chi connectivity index (χ1) is 11.6. The summed E-state index contributed by atoms with van der Waals surface area (Å²) in [6, 6.07) is 16.0. The van der Waals surface area contributed by atoms with E-state index in [1.807, 2.05) is 48.1 Å². The predicted octanol–water partition coefficient (Wildman–Crippen LogP) is 3.98. The standard InChI is InChI=1S/C18H17ClN4O/c1-23-11-10-20-17(23)16(13-6-3-2-4-7-13)22-18(24)21-15-9-5-8-14(19)12-15/h2-12,16H,1H3,(H2,21,22,24)/t16-/m0/s1. The second kappa shape index (κ2) is 7.19. The van der Waals surface area contributed by atoms with Gasteiger partial charge in [0.1, 0.15) is 11.9 Å². The van der Waals surface area contributed by atoms with Gasteiger partial charge in [0.15, 0.2) is 0 Å². The predicted molar refractivity (Wildman–Crippen MR) is 95.1 cm³/mol. The number of nitrogens with one attached hydrogen (secondary N) is 2. The Bertz CT molecular complexity index is 832. The van der Waals surface area contributed by atoms with Crippen molar-refractivity contribution in [1.29, 1.82) is 0 Å². The second-order valence-corrected chi connectivity index (χ2v) is 5.79. The van der Waals surface area contributed by atoms with E-state index >= 15 is 0 Å². The van der Waals surface area contributed by atoms with Crippen molar-refractivity contribution >= 4 is 23.3 Å². The maximum Gasteiger partial charge on any atom is 0.320 e. The average molecular weight is 341 g/mol. The van der Waals surface area contributed by atoms with Gasteiger partial charge in [0.2, 0.25) is 0 Å². The number of carbonyl (C=O) groups excluding carboxylic acids is 1. The molecular weight excluding hydrogens is 324 g/mol. The van der Waals surface area contributed by atoms with E-state index in [-0.39, 0.29) is 12.1 Å². The number of aromatic nitrogens is 2. The van der Waals surface area contributed by atoms with Crippen LogP contribution >= 0.6 is 11.6 Å². The van der Waals surface area contributed by atoms with Crippen LogP contribution in [0.3, 0.4) is 0 Å². The zero-order chi connectivity index (χ0) is 16.9. The van der Waals surface area contributed by atoms with Gasteiger partial charge in [-0.25, -0.2) is 9.78 Å². The van der Waals surface area contributed by atoms with E-state index < -0.39 is 0 Å². The molecule has 0 aliphatic rings. The lowest BCUT2D eigenvalue weighted by molar-refractivity contribution is 0.249. The van der Waals surface area contributed by atoms with Crippen molar-refractivity contribution in [3.8, 4) is 0 Å². The number of imidazole rings is 1. The van der Waals surface area contributed by atoms with Crippen LogP contribution in [0.15, 0.2) is 67.0 Å². The van der Waals surface area contributed by atoms with Crippen LogP contribution in [0.2, 0.25) is 5.02 Å². The van der Waals surface area contributed by atoms with Gasteiger partial charge in [0, 0.05) is 30.2 Å². The van der Waals surface area contributed by atoms with Gasteiger partial charge in [-0.1, -0.05) is 48.0 Å². The number of urea groups is 1. The Morgan fingerprint density at radius 1 is 1.17 bits per heavy atom. The number of nitrogens with zero attached hydrogens (tertiary/aromatic N) is 2. The monoisotopic (exact) mass is 340 g/mol. The first-order valence-electron chi connectivity index (χ1n) is 7.49. The molecule has 0 bridgehead atoms. The summed E-state index contributed by atoms with van der Waals surface area (Å²) in [4.78, 5) is 16.8. The van der Waals surface area contributed by atoms with Gasteiger partial charge in [-0.15, -0.1) is 0 Å². The lowest BCUT2D eigenvalue weighted by atomic mass is 10.1. The number of amides is 2. The third-order valence-electron chi connectivity index (χ3n) is 3.61. The molecule has 0 unspecified atom stereocenters. The summed E-state index contributed by atoms with van der Waals surface area (Å²) in [5.74, 6) is 0.752. The topological polar surface area (TPSA) is 59.0 Å². The van der Waals surface area contributed by atoms with Gasteiger partial charge < -0.3 is 15.2 Å². The summed E-state index contributed by atoms with van der Waals surface area (Å²) in [6.45, 7) is 0. The van der Waals surface area contributed by atoms with E-state index in [0.29, 0.717) is 10.7 Å². The minimum atomic E-state index is -0.356. The fourth-order valence-corrected chi connectivity index (χ4v) is 2.65. The zero-order valence-electron chi connectivity index (χ0n) is 13.1. The van der Waals surface area contributed by atoms with Crippen molar-refractivity contribution in [3.63, 3.8) is 0 Å².